The predicted octanol–water partition coefficient (Wildman–Crippen LogP) is 3.62. The van der Waals surface area contributed by atoms with E-state index < -0.39 is 0 Å². The van der Waals surface area contributed by atoms with Crippen LogP contribution >= 0.6 is 23.2 Å². The molecule has 0 N–H and O–H groups in total. The van der Waals surface area contributed by atoms with Crippen molar-refractivity contribution in [1.82, 2.24) is 0 Å². The van der Waals surface area contributed by atoms with Gasteiger partial charge in [0.05, 0.1) is 0 Å². The summed E-state index contributed by atoms with van der Waals surface area (Å²) in [5.41, 5.74) is 0.358. The molecule has 4 aliphatic carbocycles. The van der Waals surface area contributed by atoms with Gasteiger partial charge in [0.15, 0.2) is 0 Å². The molecule has 0 aliphatic heterocycles. The van der Waals surface area contributed by atoms with E-state index in [1.54, 1.807) is 0 Å². The Bertz CT molecular complexity index is 198. The monoisotopic (exact) mass is 204 g/mol. The summed E-state index contributed by atoms with van der Waals surface area (Å²) in [6.07, 6.45) is 6.97. The molecule has 2 unspecified atom stereocenters. The minimum Gasteiger partial charge on any atom is -0.105 e. The average molecular weight is 205 g/mol. The van der Waals surface area contributed by atoms with Gasteiger partial charge < -0.3 is 0 Å². The van der Waals surface area contributed by atoms with E-state index in [9.17, 15) is 0 Å². The van der Waals surface area contributed by atoms with E-state index >= 15 is 0 Å². The maximum Gasteiger partial charge on any atom is 0.113 e. The molecule has 12 heavy (non-hydrogen) atoms. The van der Waals surface area contributed by atoms with Crippen LogP contribution in [0.4, 0.5) is 0 Å². The van der Waals surface area contributed by atoms with E-state index in [1.807, 2.05) is 0 Å². The summed E-state index contributed by atoms with van der Waals surface area (Å²) >= 11 is 12.3. The molecule has 0 nitrogen and oxygen atoms in total. The van der Waals surface area contributed by atoms with Crippen LogP contribution in [0.1, 0.15) is 32.1 Å². The molecule has 0 aromatic heterocycles. The molecular formula is C10H14Cl2. The fourth-order valence-corrected chi connectivity index (χ4v) is 4.93. The Morgan fingerprint density at radius 1 is 1.00 bits per heavy atom. The summed E-state index contributed by atoms with van der Waals surface area (Å²) in [6.45, 7) is 0. The Hall–Kier alpha value is 0.580. The molecule has 0 aromatic carbocycles. The first-order valence-electron chi connectivity index (χ1n) is 4.99. The van der Waals surface area contributed by atoms with Crippen LogP contribution in [0.15, 0.2) is 0 Å². The second-order valence-electron chi connectivity index (χ2n) is 5.08. The fraction of sp³-hybridized carbons (Fsp3) is 1.00. The van der Waals surface area contributed by atoms with Crippen molar-refractivity contribution in [3.8, 4) is 0 Å². The minimum absolute atomic E-state index is 0.0993. The zero-order valence-corrected chi connectivity index (χ0v) is 8.61. The van der Waals surface area contributed by atoms with Crippen molar-refractivity contribution in [2.24, 2.45) is 23.2 Å². The highest BCUT2D eigenvalue weighted by atomic mass is 35.5. The lowest BCUT2D eigenvalue weighted by atomic mass is 9.77. The van der Waals surface area contributed by atoms with Crippen molar-refractivity contribution in [2.75, 3.05) is 0 Å². The van der Waals surface area contributed by atoms with Gasteiger partial charge in [0.25, 0.3) is 0 Å². The molecule has 0 spiro atoms. The van der Waals surface area contributed by atoms with Crippen molar-refractivity contribution in [3.05, 3.63) is 0 Å². The van der Waals surface area contributed by atoms with Crippen LogP contribution in [-0.4, -0.2) is 4.84 Å². The van der Waals surface area contributed by atoms with E-state index in [2.05, 4.69) is 0 Å². The molecule has 0 radical (unpaired) electrons. The smallest absolute Gasteiger partial charge is 0.105 e. The van der Waals surface area contributed by atoms with Gasteiger partial charge >= 0.3 is 0 Å². The average Bonchev–Trinajstić information content (AvgIpc) is 2.37. The summed E-state index contributed by atoms with van der Waals surface area (Å²) in [6, 6.07) is 0. The van der Waals surface area contributed by atoms with E-state index in [4.69, 9.17) is 23.2 Å². The quantitative estimate of drug-likeness (QED) is 0.573. The van der Waals surface area contributed by atoms with Crippen LogP contribution in [0.2, 0.25) is 0 Å². The van der Waals surface area contributed by atoms with Crippen LogP contribution in [0.3, 0.4) is 0 Å². The number of hydrogen-bond acceptors (Lipinski definition) is 0. The topological polar surface area (TPSA) is 0 Å². The standard InChI is InChI=1S/C10H14Cl2/c11-9(12)10-4-6-1-7(5-10)3-8(10)2-6/h6-9H,1-5H2. The van der Waals surface area contributed by atoms with Crippen LogP contribution in [0, 0.1) is 23.2 Å². The molecule has 68 valence electrons. The SMILES string of the molecule is ClC(Cl)C12CC3CC(CC1C3)C2. The summed E-state index contributed by atoms with van der Waals surface area (Å²) in [4.78, 5) is -0.0993. The molecule has 0 heterocycles. The van der Waals surface area contributed by atoms with Crippen LogP contribution in [0.25, 0.3) is 0 Å². The first-order valence-corrected chi connectivity index (χ1v) is 5.86. The third-order valence-corrected chi connectivity index (χ3v) is 5.36. The van der Waals surface area contributed by atoms with Gasteiger partial charge in [-0.1, -0.05) is 0 Å². The number of rotatable bonds is 1. The van der Waals surface area contributed by atoms with Crippen LogP contribution < -0.4 is 0 Å². The van der Waals surface area contributed by atoms with Gasteiger partial charge in [-0.2, -0.15) is 0 Å². The highest BCUT2D eigenvalue weighted by Crippen LogP contribution is 2.68. The first-order chi connectivity index (χ1) is 5.71. The lowest BCUT2D eigenvalue weighted by Crippen LogP contribution is -2.29. The van der Waals surface area contributed by atoms with Gasteiger partial charge in [-0.3, -0.25) is 0 Å². The lowest BCUT2D eigenvalue weighted by Gasteiger charge is -2.33. The largest absolute Gasteiger partial charge is 0.113 e. The van der Waals surface area contributed by atoms with Gasteiger partial charge in [0.2, 0.25) is 0 Å². The second-order valence-corrected chi connectivity index (χ2v) is 6.17. The number of hydrogen-bond donors (Lipinski definition) is 0. The van der Waals surface area contributed by atoms with Crippen molar-refractivity contribution in [2.45, 2.75) is 36.9 Å². The van der Waals surface area contributed by atoms with Gasteiger partial charge in [-0.15, -0.1) is 23.2 Å². The molecule has 2 heteroatoms. The van der Waals surface area contributed by atoms with Gasteiger partial charge in [-0.25, -0.2) is 0 Å². The highest BCUT2D eigenvalue weighted by Gasteiger charge is 2.60. The van der Waals surface area contributed by atoms with Gasteiger partial charge in [0.1, 0.15) is 4.84 Å². The van der Waals surface area contributed by atoms with Crippen LogP contribution in [-0.2, 0) is 0 Å². The summed E-state index contributed by atoms with van der Waals surface area (Å²) < 4.78 is 0. The Labute approximate surface area is 83.6 Å². The molecule has 2 atom stereocenters. The fourth-order valence-electron chi connectivity index (χ4n) is 4.22. The zero-order valence-electron chi connectivity index (χ0n) is 7.10. The second kappa shape index (κ2) is 2.33. The Morgan fingerprint density at radius 3 is 2.00 bits per heavy atom. The maximum atomic E-state index is 6.13. The molecule has 0 saturated heterocycles. The molecule has 0 amide bonds. The third-order valence-electron chi connectivity index (χ3n) is 4.49. The molecule has 0 aromatic rings. The first kappa shape index (κ1) is 7.94. The van der Waals surface area contributed by atoms with Crippen molar-refractivity contribution >= 4 is 23.2 Å². The van der Waals surface area contributed by atoms with Crippen LogP contribution in [0.5, 0.6) is 0 Å². The lowest BCUT2D eigenvalue weighted by molar-refractivity contribution is 0.217. The Morgan fingerprint density at radius 2 is 1.58 bits per heavy atom. The Kier molecular flexibility index (Phi) is 1.54. The molecule has 4 aliphatic rings. The summed E-state index contributed by atoms with van der Waals surface area (Å²) in [5.74, 6) is 2.83. The predicted molar refractivity (Wildman–Crippen MR) is 51.5 cm³/mol. The maximum absolute atomic E-state index is 6.13. The Balaban J connectivity index is 1.98. The normalized spacial score (nSPS) is 55.8. The summed E-state index contributed by atoms with van der Waals surface area (Å²) in [5, 5.41) is 0. The van der Waals surface area contributed by atoms with Crippen molar-refractivity contribution in [3.63, 3.8) is 0 Å². The molecule has 4 bridgehead atoms. The van der Waals surface area contributed by atoms with E-state index in [1.165, 1.54) is 32.1 Å². The zero-order chi connectivity index (χ0) is 8.34. The third kappa shape index (κ3) is 0.812. The summed E-state index contributed by atoms with van der Waals surface area (Å²) in [7, 11) is 0. The number of alkyl halides is 2. The van der Waals surface area contributed by atoms with E-state index in [0.717, 1.165) is 17.8 Å². The number of halogens is 2. The van der Waals surface area contributed by atoms with E-state index in [0.29, 0.717) is 5.41 Å². The van der Waals surface area contributed by atoms with Gasteiger partial charge in [0, 0.05) is 5.41 Å². The molecule has 4 fully saturated rings. The molecule has 4 rings (SSSR count). The molecular weight excluding hydrogens is 191 g/mol. The molecule has 4 saturated carbocycles. The van der Waals surface area contributed by atoms with Crippen molar-refractivity contribution < 1.29 is 0 Å². The minimum atomic E-state index is -0.0993. The van der Waals surface area contributed by atoms with Gasteiger partial charge in [-0.05, 0) is 49.9 Å². The van der Waals surface area contributed by atoms with Crippen molar-refractivity contribution in [1.29, 1.82) is 0 Å². The highest BCUT2D eigenvalue weighted by molar-refractivity contribution is 6.44. The van der Waals surface area contributed by atoms with E-state index in [-0.39, 0.29) is 4.84 Å².